The van der Waals surface area contributed by atoms with Crippen molar-refractivity contribution in [3.8, 4) is 0 Å². The van der Waals surface area contributed by atoms with E-state index in [-0.39, 0.29) is 6.03 Å². The molecule has 0 aromatic heterocycles. The van der Waals surface area contributed by atoms with Crippen molar-refractivity contribution in [2.24, 2.45) is 0 Å². The minimum atomic E-state index is -0.906. The Labute approximate surface area is 152 Å². The van der Waals surface area contributed by atoms with Crippen LogP contribution in [-0.2, 0) is 0 Å². The highest BCUT2D eigenvalue weighted by Crippen LogP contribution is 2.28. The summed E-state index contributed by atoms with van der Waals surface area (Å²) >= 11 is 0. The molecule has 0 spiro atoms. The fourth-order valence-corrected chi connectivity index (χ4v) is 3.44. The minimum absolute atomic E-state index is 0.174. The molecule has 0 saturated carbocycles. The Hall–Kier alpha value is -1.75. The van der Waals surface area contributed by atoms with Gasteiger partial charge in [0.15, 0.2) is 0 Å². The van der Waals surface area contributed by atoms with Gasteiger partial charge in [0.2, 0.25) is 0 Å². The zero-order valence-corrected chi connectivity index (χ0v) is 16.3. The van der Waals surface area contributed by atoms with E-state index in [0.29, 0.717) is 19.1 Å². The van der Waals surface area contributed by atoms with Gasteiger partial charge in [-0.3, -0.25) is 0 Å². The molecule has 1 aromatic rings. The lowest BCUT2D eigenvalue weighted by atomic mass is 10.0. The summed E-state index contributed by atoms with van der Waals surface area (Å²) < 4.78 is 0. The molecule has 0 radical (unpaired) electrons. The van der Waals surface area contributed by atoms with E-state index >= 15 is 0 Å². The molecule has 2 amide bonds. The molecule has 5 nitrogen and oxygen atoms in total. The van der Waals surface area contributed by atoms with Crippen molar-refractivity contribution in [1.29, 1.82) is 0 Å². The number of piperidine rings is 1. The van der Waals surface area contributed by atoms with Gasteiger partial charge in [-0.25, -0.2) is 4.79 Å². The second-order valence-corrected chi connectivity index (χ2v) is 7.79. The quantitative estimate of drug-likeness (QED) is 0.846. The SMILES string of the molecule is CCN(CC(C)(C)O)C(=O)Nc1ccc(N2CCCCC2C)cc1C. The summed E-state index contributed by atoms with van der Waals surface area (Å²) in [6.07, 6.45) is 3.78. The molecule has 2 N–H and O–H groups in total. The lowest BCUT2D eigenvalue weighted by Gasteiger charge is -2.35. The van der Waals surface area contributed by atoms with Gasteiger partial charge in [-0.15, -0.1) is 0 Å². The van der Waals surface area contributed by atoms with Gasteiger partial charge in [0.05, 0.1) is 12.1 Å². The first-order chi connectivity index (χ1) is 11.7. The van der Waals surface area contributed by atoms with Gasteiger partial charge >= 0.3 is 6.03 Å². The summed E-state index contributed by atoms with van der Waals surface area (Å²) in [6, 6.07) is 6.63. The van der Waals surface area contributed by atoms with Gasteiger partial charge in [-0.2, -0.15) is 0 Å². The maximum absolute atomic E-state index is 12.5. The van der Waals surface area contributed by atoms with Gasteiger partial charge in [0, 0.05) is 30.5 Å². The zero-order chi connectivity index (χ0) is 18.6. The molecule has 1 aliphatic heterocycles. The summed E-state index contributed by atoms with van der Waals surface area (Å²) in [6.45, 7) is 11.6. The van der Waals surface area contributed by atoms with Crippen molar-refractivity contribution in [2.75, 3.05) is 29.9 Å². The van der Waals surface area contributed by atoms with Gasteiger partial charge in [0.25, 0.3) is 0 Å². The molecule has 140 valence electrons. The number of anilines is 2. The molecule has 1 aliphatic rings. The third-order valence-electron chi connectivity index (χ3n) is 4.83. The smallest absolute Gasteiger partial charge is 0.321 e. The number of likely N-dealkylation sites (N-methyl/N-ethyl adjacent to an activating group) is 1. The highest BCUT2D eigenvalue weighted by atomic mass is 16.3. The van der Waals surface area contributed by atoms with Crippen LogP contribution >= 0.6 is 0 Å². The van der Waals surface area contributed by atoms with Crippen molar-refractivity contribution in [1.82, 2.24) is 4.90 Å². The van der Waals surface area contributed by atoms with Crippen molar-refractivity contribution in [3.63, 3.8) is 0 Å². The normalized spacial score (nSPS) is 18.2. The molecule has 2 rings (SSSR count). The van der Waals surface area contributed by atoms with Crippen LogP contribution in [0.5, 0.6) is 0 Å². The van der Waals surface area contributed by atoms with Crippen molar-refractivity contribution in [3.05, 3.63) is 23.8 Å². The van der Waals surface area contributed by atoms with Crippen molar-refractivity contribution in [2.45, 2.75) is 65.5 Å². The molecular weight excluding hydrogens is 314 g/mol. The predicted molar refractivity (Wildman–Crippen MR) is 104 cm³/mol. The standard InChI is InChI=1S/C20H33N3O2/c1-6-22(14-20(4,5)25)19(24)21-18-11-10-17(13-15(18)2)23-12-8-7-9-16(23)3/h10-11,13,16,25H,6-9,12,14H2,1-5H3,(H,21,24). The Bertz CT molecular complexity index is 595. The molecule has 1 aromatic carbocycles. The molecule has 1 atom stereocenters. The number of urea groups is 1. The van der Waals surface area contributed by atoms with Crippen molar-refractivity contribution >= 4 is 17.4 Å². The Kier molecular flexibility index (Phi) is 6.33. The summed E-state index contributed by atoms with van der Waals surface area (Å²) in [5.41, 5.74) is 2.21. The molecule has 25 heavy (non-hydrogen) atoms. The molecular formula is C20H33N3O2. The van der Waals surface area contributed by atoms with Gasteiger partial charge < -0.3 is 20.2 Å². The first-order valence-corrected chi connectivity index (χ1v) is 9.37. The third kappa shape index (κ3) is 5.36. The average Bonchev–Trinajstić information content (AvgIpc) is 2.54. The Balaban J connectivity index is 2.08. The Morgan fingerprint density at radius 1 is 1.40 bits per heavy atom. The summed E-state index contributed by atoms with van der Waals surface area (Å²) in [5, 5.41) is 12.9. The molecule has 1 heterocycles. The molecule has 0 bridgehead atoms. The minimum Gasteiger partial charge on any atom is -0.389 e. The van der Waals surface area contributed by atoms with Crippen LogP contribution in [0.4, 0.5) is 16.2 Å². The van der Waals surface area contributed by atoms with Crippen LogP contribution in [0.1, 0.15) is 52.5 Å². The average molecular weight is 348 g/mol. The maximum Gasteiger partial charge on any atom is 0.321 e. The highest BCUT2D eigenvalue weighted by molar-refractivity contribution is 5.90. The van der Waals surface area contributed by atoms with Gasteiger partial charge in [-0.1, -0.05) is 0 Å². The number of nitrogens with one attached hydrogen (secondary N) is 1. The second-order valence-electron chi connectivity index (χ2n) is 7.79. The number of rotatable bonds is 5. The van der Waals surface area contributed by atoms with E-state index in [9.17, 15) is 9.90 Å². The Morgan fingerprint density at radius 2 is 2.12 bits per heavy atom. The molecule has 0 aliphatic carbocycles. The monoisotopic (exact) mass is 347 g/mol. The van der Waals surface area contributed by atoms with E-state index in [0.717, 1.165) is 17.8 Å². The number of nitrogens with zero attached hydrogens (tertiary/aromatic N) is 2. The summed E-state index contributed by atoms with van der Waals surface area (Å²) in [4.78, 5) is 16.6. The van der Waals surface area contributed by atoms with E-state index in [1.165, 1.54) is 24.9 Å². The number of hydrogen-bond donors (Lipinski definition) is 2. The van der Waals surface area contributed by atoms with E-state index in [1.807, 2.05) is 19.9 Å². The number of carbonyl (C=O) groups is 1. The van der Waals surface area contributed by atoms with Crippen LogP contribution in [0.2, 0.25) is 0 Å². The van der Waals surface area contributed by atoms with E-state index < -0.39 is 5.60 Å². The lowest BCUT2D eigenvalue weighted by Crippen LogP contribution is -2.44. The number of aliphatic hydroxyl groups is 1. The molecule has 5 heteroatoms. The largest absolute Gasteiger partial charge is 0.389 e. The predicted octanol–water partition coefficient (Wildman–Crippen LogP) is 4.00. The summed E-state index contributed by atoms with van der Waals surface area (Å²) in [7, 11) is 0. The topological polar surface area (TPSA) is 55.8 Å². The Morgan fingerprint density at radius 3 is 2.68 bits per heavy atom. The third-order valence-corrected chi connectivity index (χ3v) is 4.83. The van der Waals surface area contributed by atoms with Gasteiger partial charge in [-0.05, 0) is 77.6 Å². The maximum atomic E-state index is 12.5. The van der Waals surface area contributed by atoms with Crippen LogP contribution in [0.15, 0.2) is 18.2 Å². The van der Waals surface area contributed by atoms with Crippen LogP contribution in [0.25, 0.3) is 0 Å². The van der Waals surface area contributed by atoms with Crippen molar-refractivity contribution < 1.29 is 9.90 Å². The number of benzene rings is 1. The van der Waals surface area contributed by atoms with Crippen LogP contribution in [0.3, 0.4) is 0 Å². The van der Waals surface area contributed by atoms with Crippen LogP contribution < -0.4 is 10.2 Å². The number of carbonyl (C=O) groups excluding carboxylic acids is 1. The molecule has 1 saturated heterocycles. The van der Waals surface area contributed by atoms with Crippen LogP contribution in [0, 0.1) is 6.92 Å². The fraction of sp³-hybridized carbons (Fsp3) is 0.650. The van der Waals surface area contributed by atoms with E-state index in [4.69, 9.17) is 0 Å². The molecule has 1 fully saturated rings. The zero-order valence-electron chi connectivity index (χ0n) is 16.3. The second kappa shape index (κ2) is 8.09. The number of hydrogen-bond acceptors (Lipinski definition) is 3. The van der Waals surface area contributed by atoms with Crippen LogP contribution in [-0.4, -0.2) is 47.3 Å². The number of aryl methyl sites for hydroxylation is 1. The molecule has 1 unspecified atom stereocenters. The first kappa shape index (κ1) is 19.6. The van der Waals surface area contributed by atoms with E-state index in [2.05, 4.69) is 29.3 Å². The first-order valence-electron chi connectivity index (χ1n) is 9.37. The number of amides is 2. The fourth-order valence-electron chi connectivity index (χ4n) is 3.44. The highest BCUT2D eigenvalue weighted by Gasteiger charge is 2.22. The lowest BCUT2D eigenvalue weighted by molar-refractivity contribution is 0.0501. The summed E-state index contributed by atoms with van der Waals surface area (Å²) in [5.74, 6) is 0. The van der Waals surface area contributed by atoms with E-state index in [1.54, 1.807) is 18.7 Å². The van der Waals surface area contributed by atoms with Gasteiger partial charge in [0.1, 0.15) is 0 Å².